The summed E-state index contributed by atoms with van der Waals surface area (Å²) in [5, 5.41) is 4.32. The first kappa shape index (κ1) is 16.2. The highest BCUT2D eigenvalue weighted by atomic mass is 35.5. The highest BCUT2D eigenvalue weighted by Crippen LogP contribution is 2.24. The van der Waals surface area contributed by atoms with Crippen molar-refractivity contribution in [1.29, 1.82) is 0 Å². The summed E-state index contributed by atoms with van der Waals surface area (Å²) >= 11 is 12.2. The Balaban J connectivity index is 2.01. The summed E-state index contributed by atoms with van der Waals surface area (Å²) in [5.74, 6) is -1.06. The molecular weight excluding hydrogens is 315 g/mol. The van der Waals surface area contributed by atoms with Crippen LogP contribution in [0.3, 0.4) is 0 Å². The summed E-state index contributed by atoms with van der Waals surface area (Å²) in [7, 11) is 0. The molecule has 1 nitrogen and oxygen atoms in total. The Morgan fingerprint density at radius 3 is 2.05 bits per heavy atom. The average Bonchev–Trinajstić information content (AvgIpc) is 2.42. The summed E-state index contributed by atoms with van der Waals surface area (Å²) in [5.41, 5.74) is 0.865. The molecule has 0 aliphatic rings. The number of hydrogen-bond donors (Lipinski definition) is 1. The van der Waals surface area contributed by atoms with Crippen LogP contribution in [0.25, 0.3) is 0 Å². The molecule has 0 fully saturated rings. The van der Waals surface area contributed by atoms with E-state index >= 15 is 0 Å². The zero-order valence-electron chi connectivity index (χ0n) is 11.5. The molecule has 0 aliphatic carbocycles. The molecule has 112 valence electrons. The van der Waals surface area contributed by atoms with Gasteiger partial charge in [-0.05, 0) is 37.6 Å². The molecule has 1 N–H and O–H groups in total. The van der Waals surface area contributed by atoms with E-state index in [1.807, 2.05) is 6.92 Å². The van der Waals surface area contributed by atoms with E-state index < -0.39 is 11.6 Å². The molecule has 1 unspecified atom stereocenters. The van der Waals surface area contributed by atoms with Gasteiger partial charge >= 0.3 is 0 Å². The topological polar surface area (TPSA) is 12.0 Å². The molecular formula is C16H15Cl2F2N. The Morgan fingerprint density at radius 2 is 1.48 bits per heavy atom. The minimum absolute atomic E-state index is 0.0859. The molecule has 0 spiro atoms. The summed E-state index contributed by atoms with van der Waals surface area (Å²) in [4.78, 5) is 0. The lowest BCUT2D eigenvalue weighted by Gasteiger charge is -2.16. The number of rotatable bonds is 5. The van der Waals surface area contributed by atoms with Crippen LogP contribution < -0.4 is 5.32 Å². The predicted molar refractivity (Wildman–Crippen MR) is 82.8 cm³/mol. The first-order chi connectivity index (χ1) is 9.99. The molecule has 2 aromatic carbocycles. The molecule has 0 saturated carbocycles. The average molecular weight is 330 g/mol. The summed E-state index contributed by atoms with van der Waals surface area (Å²) in [6, 6.07) is 9.04. The van der Waals surface area contributed by atoms with Crippen molar-refractivity contribution in [2.45, 2.75) is 25.9 Å². The Labute approximate surface area is 132 Å². The third-order valence-corrected chi connectivity index (χ3v) is 3.97. The second-order valence-corrected chi connectivity index (χ2v) is 5.70. The molecule has 5 heteroatoms. The fourth-order valence-corrected chi connectivity index (χ4v) is 2.61. The van der Waals surface area contributed by atoms with Gasteiger partial charge < -0.3 is 5.32 Å². The molecule has 1 atom stereocenters. The van der Waals surface area contributed by atoms with E-state index in [0.29, 0.717) is 16.6 Å². The first-order valence-corrected chi connectivity index (χ1v) is 7.33. The normalized spacial score (nSPS) is 12.4. The van der Waals surface area contributed by atoms with E-state index in [4.69, 9.17) is 23.2 Å². The molecule has 0 saturated heterocycles. The van der Waals surface area contributed by atoms with Gasteiger partial charge in [0.2, 0.25) is 0 Å². The van der Waals surface area contributed by atoms with E-state index in [9.17, 15) is 8.78 Å². The van der Waals surface area contributed by atoms with Gasteiger partial charge in [0.15, 0.2) is 0 Å². The van der Waals surface area contributed by atoms with Crippen LogP contribution in [0.5, 0.6) is 0 Å². The molecule has 0 heterocycles. The lowest BCUT2D eigenvalue weighted by molar-refractivity contribution is 0.499. The van der Waals surface area contributed by atoms with Gasteiger partial charge in [-0.1, -0.05) is 35.3 Å². The molecule has 0 bridgehead atoms. The molecule has 21 heavy (non-hydrogen) atoms. The fraction of sp³-hybridized carbons (Fsp3) is 0.250. The number of hydrogen-bond acceptors (Lipinski definition) is 1. The van der Waals surface area contributed by atoms with Crippen LogP contribution in [0.15, 0.2) is 36.4 Å². The van der Waals surface area contributed by atoms with E-state index in [-0.39, 0.29) is 18.0 Å². The van der Waals surface area contributed by atoms with Crippen molar-refractivity contribution >= 4 is 23.2 Å². The molecule has 0 amide bonds. The summed E-state index contributed by atoms with van der Waals surface area (Å²) in [6.45, 7) is 2.30. The maximum absolute atomic E-state index is 13.6. The van der Waals surface area contributed by atoms with Gasteiger partial charge in [0.05, 0.1) is 0 Å². The van der Waals surface area contributed by atoms with Gasteiger partial charge in [0.25, 0.3) is 0 Å². The minimum atomic E-state index is -0.528. The number of halogens is 4. The Kier molecular flexibility index (Phi) is 5.57. The smallest absolute Gasteiger partial charge is 0.129 e. The second-order valence-electron chi connectivity index (χ2n) is 4.89. The predicted octanol–water partition coefficient (Wildman–Crippen LogP) is 4.99. The van der Waals surface area contributed by atoms with Crippen molar-refractivity contribution in [2.75, 3.05) is 0 Å². The van der Waals surface area contributed by atoms with Crippen LogP contribution in [0.4, 0.5) is 8.78 Å². The van der Waals surface area contributed by atoms with Crippen LogP contribution in [0.1, 0.15) is 18.1 Å². The third kappa shape index (κ3) is 4.16. The summed E-state index contributed by atoms with van der Waals surface area (Å²) < 4.78 is 27.2. The van der Waals surface area contributed by atoms with Crippen LogP contribution in [-0.2, 0) is 13.0 Å². The van der Waals surface area contributed by atoms with Crippen molar-refractivity contribution in [3.05, 3.63) is 69.2 Å². The van der Waals surface area contributed by atoms with E-state index in [1.54, 1.807) is 18.2 Å². The minimum Gasteiger partial charge on any atom is -0.310 e. The Morgan fingerprint density at radius 1 is 0.952 bits per heavy atom. The number of benzene rings is 2. The molecule has 0 radical (unpaired) electrons. The van der Waals surface area contributed by atoms with E-state index in [1.165, 1.54) is 18.2 Å². The second kappa shape index (κ2) is 7.21. The van der Waals surface area contributed by atoms with Crippen molar-refractivity contribution in [3.8, 4) is 0 Å². The molecule has 0 aliphatic heterocycles. The Hall–Kier alpha value is -1.16. The fourth-order valence-electron chi connectivity index (χ4n) is 2.08. The molecule has 2 aromatic rings. The van der Waals surface area contributed by atoms with Crippen molar-refractivity contribution < 1.29 is 8.78 Å². The van der Waals surface area contributed by atoms with Gasteiger partial charge in [0.1, 0.15) is 11.6 Å². The quantitative estimate of drug-likeness (QED) is 0.814. The van der Waals surface area contributed by atoms with Crippen LogP contribution >= 0.6 is 23.2 Å². The van der Waals surface area contributed by atoms with Gasteiger partial charge in [-0.25, -0.2) is 8.78 Å². The standard InChI is InChI=1S/C16H15Cl2F2N/c1-10(8-11-15(19)6-3-7-16(11)20)21-9-12-13(17)4-2-5-14(12)18/h2-7,10,21H,8-9H2,1H3. The molecule has 0 aromatic heterocycles. The van der Waals surface area contributed by atoms with Crippen LogP contribution in [-0.4, -0.2) is 6.04 Å². The van der Waals surface area contributed by atoms with Gasteiger partial charge in [-0.15, -0.1) is 0 Å². The zero-order valence-corrected chi connectivity index (χ0v) is 13.0. The van der Waals surface area contributed by atoms with Gasteiger partial charge in [-0.3, -0.25) is 0 Å². The van der Waals surface area contributed by atoms with E-state index in [2.05, 4.69) is 5.32 Å². The monoisotopic (exact) mass is 329 g/mol. The maximum Gasteiger partial charge on any atom is 0.129 e. The van der Waals surface area contributed by atoms with E-state index in [0.717, 1.165) is 5.56 Å². The Bertz CT molecular complexity index is 591. The van der Waals surface area contributed by atoms with Gasteiger partial charge in [-0.2, -0.15) is 0 Å². The zero-order chi connectivity index (χ0) is 15.4. The van der Waals surface area contributed by atoms with Gasteiger partial charge in [0, 0.05) is 33.8 Å². The third-order valence-electron chi connectivity index (χ3n) is 3.26. The highest BCUT2D eigenvalue weighted by molar-refractivity contribution is 6.35. The SMILES string of the molecule is CC(Cc1c(F)cccc1F)NCc1c(Cl)cccc1Cl. The number of nitrogens with one attached hydrogen (secondary N) is 1. The van der Waals surface area contributed by atoms with Crippen molar-refractivity contribution in [1.82, 2.24) is 5.32 Å². The lowest BCUT2D eigenvalue weighted by Crippen LogP contribution is -2.28. The summed E-state index contributed by atoms with van der Waals surface area (Å²) in [6.07, 6.45) is 0.251. The maximum atomic E-state index is 13.6. The van der Waals surface area contributed by atoms with Crippen LogP contribution in [0.2, 0.25) is 10.0 Å². The lowest BCUT2D eigenvalue weighted by atomic mass is 10.1. The highest BCUT2D eigenvalue weighted by Gasteiger charge is 2.13. The largest absolute Gasteiger partial charge is 0.310 e. The molecule has 2 rings (SSSR count). The first-order valence-electron chi connectivity index (χ1n) is 6.58. The van der Waals surface area contributed by atoms with Crippen molar-refractivity contribution in [3.63, 3.8) is 0 Å². The van der Waals surface area contributed by atoms with Crippen molar-refractivity contribution in [2.24, 2.45) is 0 Å². The van der Waals surface area contributed by atoms with Crippen LogP contribution in [0, 0.1) is 11.6 Å².